The van der Waals surface area contributed by atoms with Crippen LogP contribution in [0.2, 0.25) is 0 Å². The molecular weight excluding hydrogens is 300 g/mol. The zero-order chi connectivity index (χ0) is 13.7. The van der Waals surface area contributed by atoms with Gasteiger partial charge in [0.2, 0.25) is 6.29 Å². The van der Waals surface area contributed by atoms with Gasteiger partial charge in [-0.25, -0.2) is 4.68 Å². The first-order chi connectivity index (χ1) is 9.72. The molecule has 2 aliphatic rings. The second kappa shape index (κ2) is 4.59. The second-order valence-corrected chi connectivity index (χ2v) is 5.97. The van der Waals surface area contributed by atoms with E-state index < -0.39 is 6.29 Å². The lowest BCUT2D eigenvalue weighted by Gasteiger charge is -2.25. The standard InChI is InChI=1S/C12H10N2O4S2/c15-7-4-6(8-5-16-11(7)17-8)14-12(19)18-10(13-14)9-2-1-3-20-9/h1-3,6,8,11H,4-5H2/t6-,8-,11-/m0/s1. The number of ether oxygens (including phenoxy) is 2. The highest BCUT2D eigenvalue weighted by molar-refractivity contribution is 7.71. The molecule has 0 saturated carbocycles. The van der Waals surface area contributed by atoms with Gasteiger partial charge >= 0.3 is 0 Å². The Hall–Kier alpha value is -1.35. The van der Waals surface area contributed by atoms with E-state index in [0.717, 1.165) is 4.88 Å². The van der Waals surface area contributed by atoms with Crippen molar-refractivity contribution in [3.8, 4) is 10.8 Å². The third-order valence-corrected chi connectivity index (χ3v) is 4.56. The Morgan fingerprint density at radius 2 is 2.40 bits per heavy atom. The van der Waals surface area contributed by atoms with E-state index in [2.05, 4.69) is 5.10 Å². The molecule has 0 aromatic carbocycles. The van der Waals surface area contributed by atoms with Crippen molar-refractivity contribution in [1.29, 1.82) is 0 Å². The van der Waals surface area contributed by atoms with Gasteiger partial charge in [-0.05, 0) is 23.7 Å². The van der Waals surface area contributed by atoms with Gasteiger partial charge in [0.05, 0.1) is 17.5 Å². The maximum Gasteiger partial charge on any atom is 0.287 e. The molecule has 2 fully saturated rings. The topological polar surface area (TPSA) is 66.5 Å². The van der Waals surface area contributed by atoms with E-state index in [1.807, 2.05) is 17.5 Å². The van der Waals surface area contributed by atoms with Crippen molar-refractivity contribution in [1.82, 2.24) is 9.78 Å². The number of thiophene rings is 1. The number of hydrogen-bond donors (Lipinski definition) is 0. The Balaban J connectivity index is 1.72. The third kappa shape index (κ3) is 1.87. The van der Waals surface area contributed by atoms with Crippen LogP contribution in [0.3, 0.4) is 0 Å². The van der Waals surface area contributed by atoms with Crippen LogP contribution in [0.5, 0.6) is 0 Å². The molecular formula is C12H10N2O4S2. The third-order valence-electron chi connectivity index (χ3n) is 3.43. The van der Waals surface area contributed by atoms with Crippen LogP contribution < -0.4 is 0 Å². The normalized spacial score (nSPS) is 29.0. The van der Waals surface area contributed by atoms with E-state index in [-0.39, 0.29) is 22.8 Å². The quantitative estimate of drug-likeness (QED) is 0.792. The summed E-state index contributed by atoms with van der Waals surface area (Å²) in [6, 6.07) is 3.57. The lowest BCUT2D eigenvalue weighted by Crippen LogP contribution is -2.37. The molecule has 2 aromatic heterocycles. The Kier molecular flexibility index (Phi) is 2.84. The fourth-order valence-electron chi connectivity index (χ4n) is 2.47. The fraction of sp³-hybridized carbons (Fsp3) is 0.417. The van der Waals surface area contributed by atoms with E-state index >= 15 is 0 Å². The molecule has 4 heterocycles. The van der Waals surface area contributed by atoms with Crippen molar-refractivity contribution in [3.05, 3.63) is 22.4 Å². The van der Waals surface area contributed by atoms with Crippen LogP contribution in [0.1, 0.15) is 12.5 Å². The molecule has 2 aromatic rings. The Labute approximate surface area is 122 Å². The smallest absolute Gasteiger partial charge is 0.287 e. The van der Waals surface area contributed by atoms with Gasteiger partial charge < -0.3 is 13.9 Å². The fourth-order valence-corrected chi connectivity index (χ4v) is 3.37. The van der Waals surface area contributed by atoms with Crippen LogP contribution in [-0.4, -0.2) is 34.6 Å². The zero-order valence-corrected chi connectivity index (χ0v) is 11.9. The van der Waals surface area contributed by atoms with Crippen LogP contribution in [0.25, 0.3) is 10.8 Å². The lowest BCUT2D eigenvalue weighted by molar-refractivity contribution is -0.156. The number of carbonyl (C=O) groups excluding carboxylic acids is 1. The summed E-state index contributed by atoms with van der Waals surface area (Å²) in [5.74, 6) is 0.393. The van der Waals surface area contributed by atoms with Gasteiger partial charge in [0, 0.05) is 6.42 Å². The first-order valence-corrected chi connectivity index (χ1v) is 7.44. The molecule has 0 aliphatic carbocycles. The maximum absolute atomic E-state index is 11.8. The van der Waals surface area contributed by atoms with E-state index in [0.29, 0.717) is 18.9 Å². The Bertz CT molecular complexity index is 705. The summed E-state index contributed by atoms with van der Waals surface area (Å²) >= 11 is 6.73. The molecule has 3 atom stereocenters. The molecule has 0 amide bonds. The molecule has 2 saturated heterocycles. The van der Waals surface area contributed by atoms with Crippen LogP contribution in [0.15, 0.2) is 21.9 Å². The second-order valence-electron chi connectivity index (χ2n) is 4.67. The Morgan fingerprint density at radius 3 is 3.20 bits per heavy atom. The van der Waals surface area contributed by atoms with Crippen LogP contribution in [0, 0.1) is 4.84 Å². The number of Topliss-reactive ketones (excluding diaryl/α,β-unsaturated/α-hetero) is 1. The lowest BCUT2D eigenvalue weighted by atomic mass is 10.0. The molecule has 2 bridgehead atoms. The molecule has 6 nitrogen and oxygen atoms in total. The summed E-state index contributed by atoms with van der Waals surface area (Å²) in [5, 5.41) is 6.34. The number of hydrogen-bond acceptors (Lipinski definition) is 7. The number of ketones is 1. The van der Waals surface area contributed by atoms with Crippen molar-refractivity contribution in [2.45, 2.75) is 24.9 Å². The monoisotopic (exact) mass is 310 g/mol. The zero-order valence-electron chi connectivity index (χ0n) is 10.2. The number of fused-ring (bicyclic) bond motifs is 2. The highest BCUT2D eigenvalue weighted by Gasteiger charge is 2.45. The summed E-state index contributed by atoms with van der Waals surface area (Å²) in [7, 11) is 0. The minimum atomic E-state index is -0.714. The first-order valence-electron chi connectivity index (χ1n) is 6.15. The molecule has 8 heteroatoms. The average Bonchev–Trinajstić information content (AvgIpc) is 3.15. The number of aromatic nitrogens is 2. The summed E-state index contributed by atoms with van der Waals surface area (Å²) in [5.41, 5.74) is 0. The molecule has 0 radical (unpaired) electrons. The molecule has 20 heavy (non-hydrogen) atoms. The number of rotatable bonds is 2. The van der Waals surface area contributed by atoms with Crippen LogP contribution in [-0.2, 0) is 14.3 Å². The maximum atomic E-state index is 11.8. The van der Waals surface area contributed by atoms with E-state index in [1.165, 1.54) is 11.3 Å². The van der Waals surface area contributed by atoms with Crippen molar-refractivity contribution < 1.29 is 18.7 Å². The van der Waals surface area contributed by atoms with Crippen molar-refractivity contribution >= 4 is 29.3 Å². The van der Waals surface area contributed by atoms with Gasteiger partial charge in [0.25, 0.3) is 10.7 Å². The molecule has 0 N–H and O–H groups in total. The van der Waals surface area contributed by atoms with Gasteiger partial charge in [0.15, 0.2) is 5.78 Å². The molecule has 2 aliphatic heterocycles. The summed E-state index contributed by atoms with van der Waals surface area (Å²) in [6.07, 6.45) is -0.611. The van der Waals surface area contributed by atoms with Gasteiger partial charge in [0.1, 0.15) is 6.10 Å². The van der Waals surface area contributed by atoms with Crippen molar-refractivity contribution in [2.75, 3.05) is 6.61 Å². The minimum absolute atomic E-state index is 0.0775. The molecule has 104 valence electrons. The van der Waals surface area contributed by atoms with Crippen molar-refractivity contribution in [2.24, 2.45) is 0 Å². The average molecular weight is 310 g/mol. The SMILES string of the molecule is O=C1C[C@H](n2nc(-c3cccs3)oc2=S)[C@@H]2CO[C@H]1O2. The van der Waals surface area contributed by atoms with E-state index in [4.69, 9.17) is 26.1 Å². The molecule has 0 unspecified atom stereocenters. The minimum Gasteiger partial charge on any atom is -0.408 e. The van der Waals surface area contributed by atoms with Crippen LogP contribution >= 0.6 is 23.6 Å². The summed E-state index contributed by atoms with van der Waals surface area (Å²) < 4.78 is 17.9. The van der Waals surface area contributed by atoms with Gasteiger partial charge in [-0.3, -0.25) is 4.79 Å². The largest absolute Gasteiger partial charge is 0.408 e. The van der Waals surface area contributed by atoms with E-state index in [1.54, 1.807) is 4.68 Å². The van der Waals surface area contributed by atoms with Gasteiger partial charge in [-0.1, -0.05) is 6.07 Å². The summed E-state index contributed by atoms with van der Waals surface area (Å²) in [4.78, 5) is 13.0. The predicted octanol–water partition coefficient (Wildman–Crippen LogP) is 2.19. The summed E-state index contributed by atoms with van der Waals surface area (Å²) in [6.45, 7) is 0.379. The Morgan fingerprint density at radius 1 is 1.50 bits per heavy atom. The van der Waals surface area contributed by atoms with Gasteiger partial charge in [-0.15, -0.1) is 16.4 Å². The highest BCUT2D eigenvalue weighted by atomic mass is 32.1. The van der Waals surface area contributed by atoms with Gasteiger partial charge in [-0.2, -0.15) is 0 Å². The molecule has 0 spiro atoms. The van der Waals surface area contributed by atoms with Crippen LogP contribution in [0.4, 0.5) is 0 Å². The molecule has 4 rings (SSSR count). The predicted molar refractivity (Wildman–Crippen MR) is 71.9 cm³/mol. The first kappa shape index (κ1) is 12.4. The van der Waals surface area contributed by atoms with E-state index in [9.17, 15) is 4.79 Å². The van der Waals surface area contributed by atoms with Crippen molar-refractivity contribution in [3.63, 3.8) is 0 Å². The highest BCUT2D eigenvalue weighted by Crippen LogP contribution is 2.34. The number of carbonyl (C=O) groups is 1. The number of nitrogens with zero attached hydrogens (tertiary/aromatic N) is 2.